The Hall–Kier alpha value is -2.80. The fraction of sp³-hybridized carbons (Fsp3) is 0.0667. The number of anilines is 2. The zero-order valence-corrected chi connectivity index (χ0v) is 10.5. The van der Waals surface area contributed by atoms with Gasteiger partial charge >= 0.3 is 0 Å². The number of nitriles is 1. The largest absolute Gasteiger partial charge is 0.399 e. The minimum Gasteiger partial charge on any atom is -0.399 e. The van der Waals surface area contributed by atoms with Crippen LogP contribution in [-0.4, -0.2) is 5.91 Å². The molecule has 4 heteroatoms. The van der Waals surface area contributed by atoms with E-state index in [4.69, 9.17) is 11.0 Å². The molecule has 0 saturated heterocycles. The van der Waals surface area contributed by atoms with Gasteiger partial charge in [0.05, 0.1) is 11.6 Å². The number of carbonyl (C=O) groups is 1. The predicted molar refractivity (Wildman–Crippen MR) is 74.7 cm³/mol. The van der Waals surface area contributed by atoms with Crippen molar-refractivity contribution in [2.24, 2.45) is 0 Å². The van der Waals surface area contributed by atoms with Crippen LogP contribution in [-0.2, 0) is 0 Å². The molecule has 0 unspecified atom stereocenters. The SMILES string of the molecule is Cc1cc(N)ccc1NC(=O)c1ccc(C#N)cc1. The third-order valence-corrected chi connectivity index (χ3v) is 2.77. The maximum atomic E-state index is 12.0. The summed E-state index contributed by atoms with van der Waals surface area (Å²) >= 11 is 0. The molecule has 0 radical (unpaired) electrons. The van der Waals surface area contributed by atoms with Crippen LogP contribution >= 0.6 is 0 Å². The average molecular weight is 251 g/mol. The highest BCUT2D eigenvalue weighted by Crippen LogP contribution is 2.18. The van der Waals surface area contributed by atoms with Crippen LogP contribution < -0.4 is 11.1 Å². The first-order chi connectivity index (χ1) is 9.10. The van der Waals surface area contributed by atoms with Gasteiger partial charge in [-0.15, -0.1) is 0 Å². The molecule has 0 aromatic heterocycles. The first-order valence-electron chi connectivity index (χ1n) is 5.78. The number of nitrogens with two attached hydrogens (primary N) is 1. The van der Waals surface area contributed by atoms with Crippen molar-refractivity contribution < 1.29 is 4.79 Å². The van der Waals surface area contributed by atoms with Gasteiger partial charge in [0.1, 0.15) is 0 Å². The quantitative estimate of drug-likeness (QED) is 0.805. The number of aryl methyl sites for hydroxylation is 1. The Balaban J connectivity index is 2.18. The van der Waals surface area contributed by atoms with Gasteiger partial charge in [0, 0.05) is 16.9 Å². The van der Waals surface area contributed by atoms with Crippen LogP contribution in [0.4, 0.5) is 11.4 Å². The van der Waals surface area contributed by atoms with E-state index in [9.17, 15) is 4.79 Å². The Morgan fingerprint density at radius 2 is 1.89 bits per heavy atom. The van der Waals surface area contributed by atoms with Gasteiger partial charge in [-0.25, -0.2) is 0 Å². The molecule has 0 aliphatic carbocycles. The van der Waals surface area contributed by atoms with Crippen molar-refractivity contribution in [2.75, 3.05) is 11.1 Å². The summed E-state index contributed by atoms with van der Waals surface area (Å²) in [5.74, 6) is -0.211. The van der Waals surface area contributed by atoms with Gasteiger partial charge in [-0.3, -0.25) is 4.79 Å². The van der Waals surface area contributed by atoms with Gasteiger partial charge in [-0.05, 0) is 55.0 Å². The Morgan fingerprint density at radius 1 is 1.21 bits per heavy atom. The van der Waals surface area contributed by atoms with Gasteiger partial charge in [0.15, 0.2) is 0 Å². The van der Waals surface area contributed by atoms with Crippen LogP contribution in [0.5, 0.6) is 0 Å². The molecule has 0 fully saturated rings. The average Bonchev–Trinajstić information content (AvgIpc) is 2.42. The molecule has 2 rings (SSSR count). The zero-order valence-electron chi connectivity index (χ0n) is 10.5. The van der Waals surface area contributed by atoms with E-state index in [1.165, 1.54) is 0 Å². The smallest absolute Gasteiger partial charge is 0.255 e. The van der Waals surface area contributed by atoms with Gasteiger partial charge < -0.3 is 11.1 Å². The van der Waals surface area contributed by atoms with E-state index in [0.717, 1.165) is 11.3 Å². The normalized spacial score (nSPS) is 9.68. The zero-order chi connectivity index (χ0) is 13.8. The van der Waals surface area contributed by atoms with Crippen LogP contribution in [0.1, 0.15) is 21.5 Å². The Kier molecular flexibility index (Phi) is 3.48. The molecule has 94 valence electrons. The van der Waals surface area contributed by atoms with Crippen molar-refractivity contribution >= 4 is 17.3 Å². The molecule has 0 bridgehead atoms. The molecule has 1 amide bonds. The van der Waals surface area contributed by atoms with Gasteiger partial charge in [0.2, 0.25) is 0 Å². The van der Waals surface area contributed by atoms with E-state index in [1.807, 2.05) is 13.0 Å². The Labute approximate surface area is 111 Å². The lowest BCUT2D eigenvalue weighted by atomic mass is 10.1. The second-order valence-electron chi connectivity index (χ2n) is 4.22. The highest BCUT2D eigenvalue weighted by molar-refractivity contribution is 6.04. The minimum absolute atomic E-state index is 0.211. The van der Waals surface area contributed by atoms with E-state index >= 15 is 0 Å². The number of rotatable bonds is 2. The first-order valence-corrected chi connectivity index (χ1v) is 5.78. The summed E-state index contributed by atoms with van der Waals surface area (Å²) in [7, 11) is 0. The summed E-state index contributed by atoms with van der Waals surface area (Å²) in [6.45, 7) is 1.88. The number of nitrogens with one attached hydrogen (secondary N) is 1. The molecule has 0 heterocycles. The summed E-state index contributed by atoms with van der Waals surface area (Å²) in [6.07, 6.45) is 0. The van der Waals surface area contributed by atoms with Crippen LogP contribution in [0.2, 0.25) is 0 Å². The van der Waals surface area contributed by atoms with E-state index in [-0.39, 0.29) is 5.91 Å². The van der Waals surface area contributed by atoms with Crippen LogP contribution in [0, 0.1) is 18.3 Å². The third kappa shape index (κ3) is 2.90. The lowest BCUT2D eigenvalue weighted by Gasteiger charge is -2.09. The summed E-state index contributed by atoms with van der Waals surface area (Å²) in [6, 6.07) is 13.8. The van der Waals surface area contributed by atoms with E-state index in [0.29, 0.717) is 16.8 Å². The molecule has 2 aromatic carbocycles. The van der Waals surface area contributed by atoms with Crippen molar-refractivity contribution in [2.45, 2.75) is 6.92 Å². The number of benzene rings is 2. The van der Waals surface area contributed by atoms with E-state index in [1.54, 1.807) is 42.5 Å². The maximum absolute atomic E-state index is 12.0. The molecular weight excluding hydrogens is 238 g/mol. The number of nitrogens with zero attached hydrogens (tertiary/aromatic N) is 1. The molecule has 0 atom stereocenters. The standard InChI is InChI=1S/C15H13N3O/c1-10-8-13(17)6-7-14(10)18-15(19)12-4-2-11(9-16)3-5-12/h2-8H,17H2,1H3,(H,18,19). The predicted octanol–water partition coefficient (Wildman–Crippen LogP) is 2.70. The van der Waals surface area contributed by atoms with Crippen LogP contribution in [0.15, 0.2) is 42.5 Å². The molecule has 0 spiro atoms. The summed E-state index contributed by atoms with van der Waals surface area (Å²) in [5, 5.41) is 11.5. The number of amides is 1. The van der Waals surface area contributed by atoms with Crippen LogP contribution in [0.3, 0.4) is 0 Å². The van der Waals surface area contributed by atoms with E-state index < -0.39 is 0 Å². The van der Waals surface area contributed by atoms with E-state index in [2.05, 4.69) is 5.32 Å². The molecular formula is C15H13N3O. The van der Waals surface area contributed by atoms with Gasteiger partial charge in [-0.1, -0.05) is 0 Å². The Morgan fingerprint density at radius 3 is 2.47 bits per heavy atom. The van der Waals surface area contributed by atoms with Crippen molar-refractivity contribution in [1.82, 2.24) is 0 Å². The van der Waals surface area contributed by atoms with Crippen molar-refractivity contribution in [3.05, 3.63) is 59.2 Å². The number of hydrogen-bond donors (Lipinski definition) is 2. The summed E-state index contributed by atoms with van der Waals surface area (Å²) in [5.41, 5.74) is 8.99. The monoisotopic (exact) mass is 251 g/mol. The molecule has 4 nitrogen and oxygen atoms in total. The highest BCUT2D eigenvalue weighted by atomic mass is 16.1. The molecule has 3 N–H and O–H groups in total. The molecule has 0 saturated carbocycles. The number of carbonyl (C=O) groups excluding carboxylic acids is 1. The second kappa shape index (κ2) is 5.23. The van der Waals surface area contributed by atoms with Crippen molar-refractivity contribution in [1.29, 1.82) is 5.26 Å². The summed E-state index contributed by atoms with van der Waals surface area (Å²) < 4.78 is 0. The van der Waals surface area contributed by atoms with Gasteiger partial charge in [-0.2, -0.15) is 5.26 Å². The number of hydrogen-bond acceptors (Lipinski definition) is 3. The topological polar surface area (TPSA) is 78.9 Å². The Bertz CT molecular complexity index is 654. The lowest BCUT2D eigenvalue weighted by Crippen LogP contribution is -2.12. The molecule has 0 aliphatic heterocycles. The fourth-order valence-electron chi connectivity index (χ4n) is 1.72. The number of nitrogen functional groups attached to an aromatic ring is 1. The van der Waals surface area contributed by atoms with Gasteiger partial charge in [0.25, 0.3) is 5.91 Å². The minimum atomic E-state index is -0.211. The molecule has 2 aromatic rings. The fourth-order valence-corrected chi connectivity index (χ4v) is 1.72. The van der Waals surface area contributed by atoms with Crippen molar-refractivity contribution in [3.63, 3.8) is 0 Å². The molecule has 0 aliphatic rings. The highest BCUT2D eigenvalue weighted by Gasteiger charge is 2.07. The maximum Gasteiger partial charge on any atom is 0.255 e. The van der Waals surface area contributed by atoms with Crippen LogP contribution in [0.25, 0.3) is 0 Å². The first kappa shape index (κ1) is 12.7. The molecule has 19 heavy (non-hydrogen) atoms. The third-order valence-electron chi connectivity index (χ3n) is 2.77. The van der Waals surface area contributed by atoms with Crippen molar-refractivity contribution in [3.8, 4) is 6.07 Å². The summed E-state index contributed by atoms with van der Waals surface area (Å²) in [4.78, 5) is 12.0. The second-order valence-corrected chi connectivity index (χ2v) is 4.22. The lowest BCUT2D eigenvalue weighted by molar-refractivity contribution is 0.102.